The van der Waals surface area contributed by atoms with Gasteiger partial charge in [0.05, 0.1) is 23.1 Å². The van der Waals surface area contributed by atoms with Crippen molar-refractivity contribution in [2.75, 3.05) is 30.4 Å². The van der Waals surface area contributed by atoms with Crippen LogP contribution in [0.2, 0.25) is 0 Å². The lowest BCUT2D eigenvalue weighted by Gasteiger charge is -2.42. The summed E-state index contributed by atoms with van der Waals surface area (Å²) in [5, 5.41) is 21.3. The summed E-state index contributed by atoms with van der Waals surface area (Å²) in [5.74, 6) is -0.295. The Hall–Kier alpha value is -4.46. The molecule has 11 nitrogen and oxygen atoms in total. The topological polar surface area (TPSA) is 144 Å². The monoisotopic (exact) mass is 475 g/mol. The van der Waals surface area contributed by atoms with E-state index in [2.05, 4.69) is 22.2 Å². The van der Waals surface area contributed by atoms with Crippen LogP contribution < -0.4 is 10.2 Å². The van der Waals surface area contributed by atoms with Gasteiger partial charge in [0, 0.05) is 32.0 Å². The predicted octanol–water partition coefficient (Wildman–Crippen LogP) is 2.80. The number of nitrogens with zero attached hydrogens (tertiary/aromatic N) is 6. The average molecular weight is 476 g/mol. The molecule has 0 unspecified atom stereocenters. The van der Waals surface area contributed by atoms with Crippen LogP contribution in [0.25, 0.3) is 11.0 Å². The molecule has 1 aliphatic rings. The molecule has 1 aliphatic heterocycles. The van der Waals surface area contributed by atoms with Crippen molar-refractivity contribution in [3.8, 4) is 6.07 Å². The number of likely N-dealkylation sites (tertiary alicyclic amines) is 1. The van der Waals surface area contributed by atoms with E-state index < -0.39 is 12.0 Å². The number of rotatable bonds is 5. The minimum atomic E-state index is -1.04. The molecule has 0 saturated carbocycles. The van der Waals surface area contributed by atoms with Gasteiger partial charge in [0.25, 0.3) is 0 Å². The van der Waals surface area contributed by atoms with Gasteiger partial charge in [0.2, 0.25) is 5.91 Å². The van der Waals surface area contributed by atoms with Crippen LogP contribution in [0.15, 0.2) is 42.9 Å². The fourth-order valence-corrected chi connectivity index (χ4v) is 4.38. The smallest absolute Gasteiger partial charge is 0.335 e. The largest absolute Gasteiger partial charge is 0.478 e. The number of hydrogen-bond donors (Lipinski definition) is 2. The highest BCUT2D eigenvalue weighted by atomic mass is 16.4. The molecule has 2 atom stereocenters. The van der Waals surface area contributed by atoms with Gasteiger partial charge in [0.15, 0.2) is 5.65 Å². The standard InChI is InChI=1S/C24H25N7O4/c1-15-8-11-30(20(32)7-10-25)13-19(15)29(2)21-18-9-12-31(22(18)27-14-26-21)24(35)28-17-5-3-16(4-6-17)23(33)34/h3-6,9,12,14-15,19H,7-8,11,13H2,1-2H3,(H,28,35)(H,33,34)/t15-,19+/m1/s1. The zero-order valence-corrected chi connectivity index (χ0v) is 19.4. The van der Waals surface area contributed by atoms with Crippen LogP contribution in [0, 0.1) is 17.2 Å². The lowest BCUT2D eigenvalue weighted by molar-refractivity contribution is -0.131. The second kappa shape index (κ2) is 9.80. The van der Waals surface area contributed by atoms with Crippen LogP contribution in [0.4, 0.5) is 16.3 Å². The van der Waals surface area contributed by atoms with Crippen molar-refractivity contribution in [3.63, 3.8) is 0 Å². The van der Waals surface area contributed by atoms with Crippen LogP contribution in [0.1, 0.15) is 30.1 Å². The number of carboxylic acids is 1. The summed E-state index contributed by atoms with van der Waals surface area (Å²) >= 11 is 0. The zero-order chi connectivity index (χ0) is 25.1. The van der Waals surface area contributed by atoms with Crippen molar-refractivity contribution < 1.29 is 19.5 Å². The second-order valence-electron chi connectivity index (χ2n) is 8.55. The zero-order valence-electron chi connectivity index (χ0n) is 19.4. The van der Waals surface area contributed by atoms with Gasteiger partial charge in [-0.25, -0.2) is 19.6 Å². The third-order valence-corrected chi connectivity index (χ3v) is 6.40. The van der Waals surface area contributed by atoms with Gasteiger partial charge in [-0.15, -0.1) is 0 Å². The summed E-state index contributed by atoms with van der Waals surface area (Å²) < 4.78 is 1.37. The fraction of sp³-hybridized carbons (Fsp3) is 0.333. The molecule has 2 N–H and O–H groups in total. The highest BCUT2D eigenvalue weighted by Crippen LogP contribution is 2.29. The summed E-state index contributed by atoms with van der Waals surface area (Å²) in [4.78, 5) is 48.7. The first-order valence-corrected chi connectivity index (χ1v) is 11.1. The Bertz CT molecular complexity index is 1310. The van der Waals surface area contributed by atoms with Crippen molar-refractivity contribution in [2.24, 2.45) is 5.92 Å². The molecule has 1 saturated heterocycles. The number of carbonyl (C=O) groups is 3. The van der Waals surface area contributed by atoms with E-state index in [1.54, 1.807) is 17.2 Å². The van der Waals surface area contributed by atoms with E-state index in [1.807, 2.05) is 18.0 Å². The van der Waals surface area contributed by atoms with Crippen molar-refractivity contribution in [3.05, 3.63) is 48.4 Å². The Morgan fingerprint density at radius 3 is 2.66 bits per heavy atom. The summed E-state index contributed by atoms with van der Waals surface area (Å²) in [6.07, 6.45) is 3.67. The maximum Gasteiger partial charge on any atom is 0.335 e. The number of nitrogens with one attached hydrogen (secondary N) is 1. The van der Waals surface area contributed by atoms with Crippen molar-refractivity contribution in [2.45, 2.75) is 25.8 Å². The van der Waals surface area contributed by atoms with Gasteiger partial charge in [-0.2, -0.15) is 5.26 Å². The van der Waals surface area contributed by atoms with E-state index in [0.717, 1.165) is 6.42 Å². The molecule has 0 bridgehead atoms. The molecule has 2 amide bonds. The molecule has 11 heteroatoms. The number of carbonyl (C=O) groups excluding carboxylic acids is 2. The number of hydrogen-bond acceptors (Lipinski definition) is 7. The molecule has 3 aromatic rings. The third-order valence-electron chi connectivity index (χ3n) is 6.40. The van der Waals surface area contributed by atoms with E-state index in [9.17, 15) is 14.4 Å². The van der Waals surface area contributed by atoms with Crippen molar-refractivity contribution in [1.29, 1.82) is 5.26 Å². The minimum absolute atomic E-state index is 0.0191. The van der Waals surface area contributed by atoms with Gasteiger partial charge in [-0.3, -0.25) is 9.36 Å². The molecule has 2 aromatic heterocycles. The number of amides is 2. The number of anilines is 2. The Kier molecular flexibility index (Phi) is 6.64. The molecule has 1 aromatic carbocycles. The molecule has 1 fully saturated rings. The first-order valence-electron chi connectivity index (χ1n) is 11.1. The van der Waals surface area contributed by atoms with Crippen molar-refractivity contribution in [1.82, 2.24) is 19.4 Å². The number of piperidine rings is 1. The van der Waals surface area contributed by atoms with E-state index in [1.165, 1.54) is 35.2 Å². The average Bonchev–Trinajstić information content (AvgIpc) is 3.29. The Labute approximate surface area is 201 Å². The molecule has 3 heterocycles. The lowest BCUT2D eigenvalue weighted by atomic mass is 9.92. The number of benzene rings is 1. The Morgan fingerprint density at radius 2 is 1.97 bits per heavy atom. The van der Waals surface area contributed by atoms with Crippen molar-refractivity contribution >= 4 is 40.4 Å². The number of fused-ring (bicyclic) bond motifs is 1. The van der Waals surface area contributed by atoms with E-state index in [4.69, 9.17) is 10.4 Å². The first kappa shape index (κ1) is 23.7. The second-order valence-corrected chi connectivity index (χ2v) is 8.55. The van der Waals surface area contributed by atoms with Gasteiger partial charge >= 0.3 is 12.0 Å². The predicted molar refractivity (Wildman–Crippen MR) is 128 cm³/mol. The first-order chi connectivity index (χ1) is 16.8. The van der Waals surface area contributed by atoms with Gasteiger partial charge in [-0.05, 0) is 42.7 Å². The quantitative estimate of drug-likeness (QED) is 0.573. The molecule has 0 radical (unpaired) electrons. The normalized spacial score (nSPS) is 17.6. The lowest BCUT2D eigenvalue weighted by Crippen LogP contribution is -2.52. The fourth-order valence-electron chi connectivity index (χ4n) is 4.38. The molecule has 180 valence electrons. The summed E-state index contributed by atoms with van der Waals surface area (Å²) in [6.45, 7) is 3.23. The molecule has 4 rings (SSSR count). The molecule has 0 aliphatic carbocycles. The number of aromatic carboxylic acids is 1. The highest BCUT2D eigenvalue weighted by molar-refractivity contribution is 6.00. The molecule has 0 spiro atoms. The number of carboxylic acid groups (broad SMARTS) is 1. The third kappa shape index (κ3) is 4.77. The van der Waals surface area contributed by atoms with Gasteiger partial charge in [0.1, 0.15) is 18.6 Å². The molecular weight excluding hydrogens is 450 g/mol. The van der Waals surface area contributed by atoms with Crippen LogP contribution in [-0.2, 0) is 4.79 Å². The maximum atomic E-state index is 12.9. The summed E-state index contributed by atoms with van der Waals surface area (Å²) in [7, 11) is 1.91. The van der Waals surface area contributed by atoms with E-state index in [-0.39, 0.29) is 29.9 Å². The Balaban J connectivity index is 1.57. The van der Waals surface area contributed by atoms with Crippen LogP contribution in [0.3, 0.4) is 0 Å². The minimum Gasteiger partial charge on any atom is -0.478 e. The number of nitriles is 1. The Morgan fingerprint density at radius 1 is 1.23 bits per heavy atom. The maximum absolute atomic E-state index is 12.9. The van der Waals surface area contributed by atoms with E-state index in [0.29, 0.717) is 35.6 Å². The van der Waals surface area contributed by atoms with Crippen LogP contribution in [-0.4, -0.2) is 68.6 Å². The molecule has 35 heavy (non-hydrogen) atoms. The van der Waals surface area contributed by atoms with Crippen LogP contribution >= 0.6 is 0 Å². The SMILES string of the molecule is C[C@@H]1CCN(C(=O)CC#N)C[C@@H]1N(C)c1ncnc2c1ccn2C(=O)Nc1ccc(C(=O)O)cc1. The molecular formula is C24H25N7O4. The van der Waals surface area contributed by atoms with E-state index >= 15 is 0 Å². The number of aromatic nitrogens is 3. The summed E-state index contributed by atoms with van der Waals surface area (Å²) in [6, 6.07) is 9.08. The van der Waals surface area contributed by atoms with Gasteiger partial charge in [-0.1, -0.05) is 6.92 Å². The highest BCUT2D eigenvalue weighted by Gasteiger charge is 2.32. The number of likely N-dealkylation sites (N-methyl/N-ethyl adjacent to an activating group) is 1. The summed E-state index contributed by atoms with van der Waals surface area (Å²) in [5.41, 5.74) is 0.994. The van der Waals surface area contributed by atoms with Crippen LogP contribution in [0.5, 0.6) is 0 Å². The van der Waals surface area contributed by atoms with Gasteiger partial charge < -0.3 is 20.2 Å².